The lowest BCUT2D eigenvalue weighted by Crippen LogP contribution is -2.03. The second kappa shape index (κ2) is 6.35. The molecule has 0 atom stereocenters. The second-order valence-electron chi connectivity index (χ2n) is 4.91. The minimum Gasteiger partial charge on any atom is -0.497 e. The summed E-state index contributed by atoms with van der Waals surface area (Å²) in [7, 11) is 3.31. The average Bonchev–Trinajstić information content (AvgIpc) is 2.59. The third-order valence-corrected chi connectivity index (χ3v) is 3.60. The summed E-state index contributed by atoms with van der Waals surface area (Å²) in [5, 5.41) is 4.55. The first-order chi connectivity index (χ1) is 10.8. The lowest BCUT2D eigenvalue weighted by atomic mass is 10.1. The van der Waals surface area contributed by atoms with Crippen LogP contribution in [-0.4, -0.2) is 19.2 Å². The Bertz CT molecular complexity index is 782. The van der Waals surface area contributed by atoms with Crippen molar-refractivity contribution in [2.75, 3.05) is 19.5 Å². The number of anilines is 1. The summed E-state index contributed by atoms with van der Waals surface area (Å²) in [6, 6.07) is 15.9. The van der Waals surface area contributed by atoms with Crippen LogP contribution in [0.4, 0.5) is 5.69 Å². The zero-order valence-corrected chi connectivity index (χ0v) is 12.7. The molecule has 22 heavy (non-hydrogen) atoms. The Hall–Kier alpha value is -2.75. The maximum absolute atomic E-state index is 5.43. The van der Waals surface area contributed by atoms with Crippen LogP contribution in [0, 0.1) is 0 Å². The van der Waals surface area contributed by atoms with Crippen molar-refractivity contribution >= 4 is 16.6 Å². The molecule has 112 valence electrons. The van der Waals surface area contributed by atoms with Gasteiger partial charge < -0.3 is 14.8 Å². The van der Waals surface area contributed by atoms with Crippen LogP contribution < -0.4 is 14.8 Å². The molecule has 0 aliphatic heterocycles. The number of hydrogen-bond acceptors (Lipinski definition) is 4. The number of nitrogens with zero attached hydrogens (tertiary/aromatic N) is 1. The summed E-state index contributed by atoms with van der Waals surface area (Å²) in [6.07, 6.45) is 1.81. The van der Waals surface area contributed by atoms with Crippen LogP contribution in [0.5, 0.6) is 11.5 Å². The first-order valence-electron chi connectivity index (χ1n) is 7.10. The molecule has 1 N–H and O–H groups in total. The molecule has 0 aliphatic rings. The molecule has 3 aromatic rings. The zero-order valence-electron chi connectivity index (χ0n) is 12.7. The highest BCUT2D eigenvalue weighted by atomic mass is 16.5. The van der Waals surface area contributed by atoms with E-state index in [0.717, 1.165) is 33.7 Å². The Balaban J connectivity index is 1.85. The largest absolute Gasteiger partial charge is 0.497 e. The monoisotopic (exact) mass is 294 g/mol. The van der Waals surface area contributed by atoms with Crippen molar-refractivity contribution in [3.63, 3.8) is 0 Å². The first-order valence-corrected chi connectivity index (χ1v) is 7.10. The van der Waals surface area contributed by atoms with Gasteiger partial charge in [0.05, 0.1) is 25.4 Å². The third-order valence-electron chi connectivity index (χ3n) is 3.60. The lowest BCUT2D eigenvalue weighted by molar-refractivity contribution is 0.391. The van der Waals surface area contributed by atoms with E-state index in [1.165, 1.54) is 0 Å². The highest BCUT2D eigenvalue weighted by Crippen LogP contribution is 2.26. The highest BCUT2D eigenvalue weighted by Gasteiger charge is 2.06. The van der Waals surface area contributed by atoms with Gasteiger partial charge in [-0.05, 0) is 24.3 Å². The smallest absolute Gasteiger partial charge is 0.127 e. The SMILES string of the molecule is COc1ccc(CNc2cccc3cccnc23)c(OC)c1. The molecule has 4 heteroatoms. The Labute approximate surface area is 129 Å². The van der Waals surface area contributed by atoms with Gasteiger partial charge in [-0.1, -0.05) is 18.2 Å². The number of benzene rings is 2. The molecule has 4 nitrogen and oxygen atoms in total. The van der Waals surface area contributed by atoms with Crippen LogP contribution >= 0.6 is 0 Å². The molecule has 1 heterocycles. The molecule has 0 saturated carbocycles. The van der Waals surface area contributed by atoms with Crippen molar-refractivity contribution in [2.24, 2.45) is 0 Å². The highest BCUT2D eigenvalue weighted by molar-refractivity contribution is 5.90. The third kappa shape index (κ3) is 2.81. The second-order valence-corrected chi connectivity index (χ2v) is 4.91. The summed E-state index contributed by atoms with van der Waals surface area (Å²) < 4.78 is 10.6. The summed E-state index contributed by atoms with van der Waals surface area (Å²) in [5.41, 5.74) is 3.05. The molecule has 0 bridgehead atoms. The summed E-state index contributed by atoms with van der Waals surface area (Å²) >= 11 is 0. The van der Waals surface area contributed by atoms with E-state index >= 15 is 0 Å². The molecular formula is C18H18N2O2. The molecule has 0 spiro atoms. The molecule has 0 unspecified atom stereocenters. The maximum Gasteiger partial charge on any atom is 0.127 e. The van der Waals surface area contributed by atoms with Crippen molar-refractivity contribution in [2.45, 2.75) is 6.54 Å². The number of ether oxygens (including phenoxy) is 2. The molecule has 0 aliphatic carbocycles. The predicted molar refractivity (Wildman–Crippen MR) is 88.6 cm³/mol. The Morgan fingerprint density at radius 3 is 2.68 bits per heavy atom. The van der Waals surface area contributed by atoms with Crippen LogP contribution in [0.3, 0.4) is 0 Å². The normalized spacial score (nSPS) is 10.5. The standard InChI is InChI=1S/C18H18N2O2/c1-21-15-9-8-14(17(11-15)22-2)12-20-16-7-3-5-13-6-4-10-19-18(13)16/h3-11,20H,12H2,1-2H3. The van der Waals surface area contributed by atoms with E-state index in [9.17, 15) is 0 Å². The number of hydrogen-bond donors (Lipinski definition) is 1. The number of nitrogens with one attached hydrogen (secondary N) is 1. The molecule has 0 amide bonds. The molecular weight excluding hydrogens is 276 g/mol. The van der Waals surface area contributed by atoms with Gasteiger partial charge in [0.2, 0.25) is 0 Å². The molecule has 3 rings (SSSR count). The number of fused-ring (bicyclic) bond motifs is 1. The maximum atomic E-state index is 5.43. The Morgan fingerprint density at radius 2 is 1.86 bits per heavy atom. The van der Waals surface area contributed by atoms with Gasteiger partial charge >= 0.3 is 0 Å². The fourth-order valence-corrected chi connectivity index (χ4v) is 2.44. The van der Waals surface area contributed by atoms with E-state index < -0.39 is 0 Å². The van der Waals surface area contributed by atoms with Crippen LogP contribution in [0.1, 0.15) is 5.56 Å². The van der Waals surface area contributed by atoms with Gasteiger partial charge in [-0.15, -0.1) is 0 Å². The minimum atomic E-state index is 0.656. The quantitative estimate of drug-likeness (QED) is 0.776. The molecule has 0 fully saturated rings. The fraction of sp³-hybridized carbons (Fsp3) is 0.167. The zero-order chi connectivity index (χ0) is 15.4. The van der Waals surface area contributed by atoms with Gasteiger partial charge in [-0.3, -0.25) is 4.98 Å². The van der Waals surface area contributed by atoms with E-state index in [2.05, 4.69) is 22.4 Å². The molecule has 0 radical (unpaired) electrons. The van der Waals surface area contributed by atoms with Gasteiger partial charge in [-0.2, -0.15) is 0 Å². The van der Waals surface area contributed by atoms with Gasteiger partial charge in [0, 0.05) is 29.8 Å². The number of pyridine rings is 1. The van der Waals surface area contributed by atoms with Crippen LogP contribution in [0.25, 0.3) is 10.9 Å². The van der Waals surface area contributed by atoms with Crippen LogP contribution in [0.2, 0.25) is 0 Å². The van der Waals surface area contributed by atoms with E-state index in [1.807, 2.05) is 42.6 Å². The fourth-order valence-electron chi connectivity index (χ4n) is 2.44. The van der Waals surface area contributed by atoms with Crippen LogP contribution in [0.15, 0.2) is 54.7 Å². The molecule has 2 aromatic carbocycles. The number of methoxy groups -OCH3 is 2. The molecule has 1 aromatic heterocycles. The van der Waals surface area contributed by atoms with Gasteiger partial charge in [-0.25, -0.2) is 0 Å². The summed E-state index contributed by atoms with van der Waals surface area (Å²) in [4.78, 5) is 4.45. The number of rotatable bonds is 5. The van der Waals surface area contributed by atoms with E-state index in [-0.39, 0.29) is 0 Å². The van der Waals surface area contributed by atoms with Crippen molar-refractivity contribution in [1.82, 2.24) is 4.98 Å². The van der Waals surface area contributed by atoms with Crippen LogP contribution in [-0.2, 0) is 6.54 Å². The van der Waals surface area contributed by atoms with Gasteiger partial charge in [0.1, 0.15) is 11.5 Å². The lowest BCUT2D eigenvalue weighted by Gasteiger charge is -2.13. The van der Waals surface area contributed by atoms with Crippen molar-refractivity contribution in [1.29, 1.82) is 0 Å². The van der Waals surface area contributed by atoms with E-state index in [1.54, 1.807) is 14.2 Å². The Morgan fingerprint density at radius 1 is 1.00 bits per heavy atom. The van der Waals surface area contributed by atoms with E-state index in [4.69, 9.17) is 9.47 Å². The van der Waals surface area contributed by atoms with E-state index in [0.29, 0.717) is 6.54 Å². The first kappa shape index (κ1) is 14.2. The summed E-state index contributed by atoms with van der Waals surface area (Å²) in [5.74, 6) is 1.59. The average molecular weight is 294 g/mol. The van der Waals surface area contributed by atoms with Gasteiger partial charge in [0.25, 0.3) is 0 Å². The molecule has 0 saturated heterocycles. The topological polar surface area (TPSA) is 43.4 Å². The minimum absolute atomic E-state index is 0.656. The van der Waals surface area contributed by atoms with Gasteiger partial charge in [0.15, 0.2) is 0 Å². The van der Waals surface area contributed by atoms with Crippen molar-refractivity contribution in [3.8, 4) is 11.5 Å². The van der Waals surface area contributed by atoms with Crippen molar-refractivity contribution in [3.05, 3.63) is 60.3 Å². The predicted octanol–water partition coefficient (Wildman–Crippen LogP) is 3.86. The summed E-state index contributed by atoms with van der Waals surface area (Å²) in [6.45, 7) is 0.656. The number of aromatic nitrogens is 1. The Kier molecular flexibility index (Phi) is 4.10. The number of para-hydroxylation sites is 1. The van der Waals surface area contributed by atoms with Crippen molar-refractivity contribution < 1.29 is 9.47 Å².